The van der Waals surface area contributed by atoms with E-state index < -0.39 is 0 Å². The first kappa shape index (κ1) is 24.5. The Morgan fingerprint density at radius 3 is 1.68 bits per heavy atom. The first-order valence-corrected chi connectivity index (χ1v) is 14.7. The molecule has 1 nitrogen and oxygen atoms in total. The smallest absolute Gasteiger partial charge is 0.153 e. The first-order chi connectivity index (χ1) is 19.8. The second kappa shape index (κ2) is 10.6. The largest absolute Gasteiger partial charge is 0.220 e. The Labute approximate surface area is 236 Å². The zero-order valence-electron chi connectivity index (χ0n) is 23.1. The second-order valence-corrected chi connectivity index (χ2v) is 10.9. The minimum atomic E-state index is 1.15. The van der Waals surface area contributed by atoms with Crippen LogP contribution in [0.1, 0.15) is 38.2 Å². The van der Waals surface area contributed by atoms with Gasteiger partial charge in [0.2, 0.25) is 16.7 Å². The van der Waals surface area contributed by atoms with Crippen molar-refractivity contribution in [3.63, 3.8) is 0 Å². The molecule has 0 spiro atoms. The molecule has 7 aromatic rings. The van der Waals surface area contributed by atoms with Crippen molar-refractivity contribution >= 4 is 43.4 Å². The molecule has 6 aromatic carbocycles. The normalized spacial score (nSPS) is 11.6. The lowest BCUT2D eigenvalue weighted by Crippen LogP contribution is -2.33. The maximum Gasteiger partial charge on any atom is 0.220 e. The van der Waals surface area contributed by atoms with Gasteiger partial charge in [0, 0.05) is 29.8 Å². The van der Waals surface area contributed by atoms with Gasteiger partial charge in [-0.25, -0.2) is 0 Å². The van der Waals surface area contributed by atoms with E-state index in [4.69, 9.17) is 0 Å². The van der Waals surface area contributed by atoms with Crippen LogP contribution in [0.25, 0.3) is 60.2 Å². The minimum absolute atomic E-state index is 1.15. The highest BCUT2D eigenvalue weighted by Crippen LogP contribution is 2.41. The average Bonchev–Trinajstić information content (AvgIpc) is 3.02. The van der Waals surface area contributed by atoms with Crippen molar-refractivity contribution in [3.8, 4) is 16.8 Å². The number of unbranched alkanes of at least 4 members (excludes halogenated alkanes) is 3. The Morgan fingerprint density at radius 2 is 1.07 bits per heavy atom. The number of rotatable bonds is 7. The van der Waals surface area contributed by atoms with Gasteiger partial charge in [0.05, 0.1) is 10.8 Å². The van der Waals surface area contributed by atoms with E-state index in [1.807, 2.05) is 0 Å². The van der Waals surface area contributed by atoms with E-state index in [2.05, 4.69) is 139 Å². The molecular formula is C39H34N+. The van der Waals surface area contributed by atoms with Crippen LogP contribution < -0.4 is 4.57 Å². The van der Waals surface area contributed by atoms with Gasteiger partial charge in [-0.2, -0.15) is 4.57 Å². The molecule has 0 radical (unpaired) electrons. The summed E-state index contributed by atoms with van der Waals surface area (Å²) in [4.78, 5) is 0. The van der Waals surface area contributed by atoms with Gasteiger partial charge in [0.15, 0.2) is 0 Å². The van der Waals surface area contributed by atoms with E-state index in [-0.39, 0.29) is 0 Å². The maximum atomic E-state index is 2.48. The van der Waals surface area contributed by atoms with Crippen molar-refractivity contribution in [1.82, 2.24) is 0 Å². The first-order valence-electron chi connectivity index (χ1n) is 14.7. The van der Waals surface area contributed by atoms with Gasteiger partial charge in [-0.3, -0.25) is 0 Å². The Kier molecular flexibility index (Phi) is 6.49. The summed E-state index contributed by atoms with van der Waals surface area (Å²) < 4.78 is 2.48. The Hall–Kier alpha value is -4.49. The SMILES string of the molecule is CCCCCCc1ccc(-[n+]2c3ccc4ccccc4c3c(-c3ccccc3)c3c4ccccc4ccc32)cc1. The highest BCUT2D eigenvalue weighted by molar-refractivity contribution is 6.23. The van der Waals surface area contributed by atoms with Gasteiger partial charge in [0.25, 0.3) is 0 Å². The van der Waals surface area contributed by atoms with Crippen LogP contribution in [-0.4, -0.2) is 0 Å². The van der Waals surface area contributed by atoms with Crippen LogP contribution >= 0.6 is 0 Å². The summed E-state index contributed by atoms with van der Waals surface area (Å²) in [6.45, 7) is 2.27. The van der Waals surface area contributed by atoms with Gasteiger partial charge in [-0.15, -0.1) is 0 Å². The summed E-state index contributed by atoms with van der Waals surface area (Å²) in [5, 5.41) is 7.71. The van der Waals surface area contributed by atoms with Crippen LogP contribution in [-0.2, 0) is 6.42 Å². The van der Waals surface area contributed by atoms with E-state index in [1.165, 1.54) is 91.4 Å². The Morgan fingerprint density at radius 1 is 0.500 bits per heavy atom. The third-order valence-electron chi connectivity index (χ3n) is 8.37. The number of pyridine rings is 1. The number of aryl methyl sites for hydroxylation is 1. The van der Waals surface area contributed by atoms with E-state index >= 15 is 0 Å². The Bertz CT molecular complexity index is 1870. The fraction of sp³-hybridized carbons (Fsp3) is 0.154. The molecule has 0 aliphatic carbocycles. The fourth-order valence-corrected chi connectivity index (χ4v) is 6.41. The summed E-state index contributed by atoms with van der Waals surface area (Å²) in [7, 11) is 0. The number of hydrogen-bond donors (Lipinski definition) is 0. The topological polar surface area (TPSA) is 3.88 Å². The molecule has 0 saturated carbocycles. The quantitative estimate of drug-likeness (QED) is 0.0858. The highest BCUT2D eigenvalue weighted by atomic mass is 15.0. The molecule has 1 heterocycles. The predicted octanol–water partition coefficient (Wildman–Crippen LogP) is 10.4. The molecule has 0 aliphatic rings. The summed E-state index contributed by atoms with van der Waals surface area (Å²) in [5.74, 6) is 0. The third-order valence-corrected chi connectivity index (χ3v) is 8.37. The molecule has 0 atom stereocenters. The minimum Gasteiger partial charge on any atom is -0.153 e. The van der Waals surface area contributed by atoms with Crippen molar-refractivity contribution < 1.29 is 4.57 Å². The lowest BCUT2D eigenvalue weighted by atomic mass is 9.90. The van der Waals surface area contributed by atoms with Crippen molar-refractivity contribution in [3.05, 3.63) is 133 Å². The third kappa shape index (κ3) is 4.23. The molecule has 0 amide bonds. The zero-order chi connectivity index (χ0) is 26.9. The molecule has 0 saturated heterocycles. The second-order valence-electron chi connectivity index (χ2n) is 10.9. The number of aromatic nitrogens is 1. The molecule has 0 aliphatic heterocycles. The molecule has 194 valence electrons. The molecule has 0 N–H and O–H groups in total. The molecule has 40 heavy (non-hydrogen) atoms. The van der Waals surface area contributed by atoms with Crippen LogP contribution in [0.4, 0.5) is 0 Å². The van der Waals surface area contributed by atoms with Crippen LogP contribution in [0.15, 0.2) is 127 Å². The fourth-order valence-electron chi connectivity index (χ4n) is 6.41. The predicted molar refractivity (Wildman–Crippen MR) is 171 cm³/mol. The van der Waals surface area contributed by atoms with Crippen molar-refractivity contribution in [2.75, 3.05) is 0 Å². The van der Waals surface area contributed by atoms with Crippen molar-refractivity contribution in [2.45, 2.75) is 39.0 Å². The van der Waals surface area contributed by atoms with E-state index in [9.17, 15) is 0 Å². The lowest BCUT2D eigenvalue weighted by Gasteiger charge is -2.16. The van der Waals surface area contributed by atoms with Gasteiger partial charge >= 0.3 is 0 Å². The average molecular weight is 517 g/mol. The standard InChI is InChI=1S/C39H34N/c1-2-3-4-6-13-28-20-24-32(25-21-28)40-35-26-22-29-14-9-11-18-33(29)38(35)37(31-16-7-5-8-17-31)39-34-19-12-10-15-30(34)23-27-36(39)40/h5,7-12,14-27H,2-4,6,13H2,1H3/q+1. The number of benzene rings is 6. The van der Waals surface area contributed by atoms with Crippen molar-refractivity contribution in [1.29, 1.82) is 0 Å². The summed E-state index contributed by atoms with van der Waals surface area (Å²) in [5.41, 5.74) is 7.65. The van der Waals surface area contributed by atoms with E-state index in [1.54, 1.807) is 0 Å². The van der Waals surface area contributed by atoms with Gasteiger partial charge in [-0.1, -0.05) is 117 Å². The summed E-state index contributed by atoms with van der Waals surface area (Å²) >= 11 is 0. The maximum absolute atomic E-state index is 2.48. The van der Waals surface area contributed by atoms with Crippen LogP contribution in [0.2, 0.25) is 0 Å². The van der Waals surface area contributed by atoms with Crippen molar-refractivity contribution in [2.24, 2.45) is 0 Å². The zero-order valence-corrected chi connectivity index (χ0v) is 23.1. The number of fused-ring (bicyclic) bond motifs is 6. The monoisotopic (exact) mass is 516 g/mol. The molecule has 1 aromatic heterocycles. The highest BCUT2D eigenvalue weighted by Gasteiger charge is 2.26. The van der Waals surface area contributed by atoms with Gasteiger partial charge < -0.3 is 0 Å². The van der Waals surface area contributed by atoms with E-state index in [0.717, 1.165) is 6.42 Å². The number of hydrogen-bond acceptors (Lipinski definition) is 0. The molecule has 0 unspecified atom stereocenters. The van der Waals surface area contributed by atoms with E-state index in [0.29, 0.717) is 0 Å². The molecule has 7 rings (SSSR count). The summed E-state index contributed by atoms with van der Waals surface area (Å²) in [6.07, 6.45) is 6.31. The van der Waals surface area contributed by atoms with Crippen LogP contribution in [0.3, 0.4) is 0 Å². The molecule has 0 fully saturated rings. The number of nitrogens with zero attached hydrogens (tertiary/aromatic N) is 1. The summed E-state index contributed by atoms with van der Waals surface area (Å²) in [6, 6.07) is 47.1. The lowest BCUT2D eigenvalue weighted by molar-refractivity contribution is -0.537. The van der Waals surface area contributed by atoms with Crippen LogP contribution in [0.5, 0.6) is 0 Å². The molecule has 0 bridgehead atoms. The van der Waals surface area contributed by atoms with Gasteiger partial charge in [-0.05, 0) is 57.6 Å². The molecular weight excluding hydrogens is 482 g/mol. The Balaban J connectivity index is 1.59. The van der Waals surface area contributed by atoms with Gasteiger partial charge in [0.1, 0.15) is 0 Å². The molecule has 1 heteroatoms. The van der Waals surface area contributed by atoms with Crippen LogP contribution in [0, 0.1) is 0 Å².